The molecule has 0 aliphatic heterocycles. The summed E-state index contributed by atoms with van der Waals surface area (Å²) in [6.45, 7) is 2.48. The number of fused-ring (bicyclic) bond motifs is 1. The van der Waals surface area contributed by atoms with Crippen molar-refractivity contribution in [2.24, 2.45) is 0 Å². The molecular formula is C26H21F2N5. The molecule has 0 aliphatic carbocycles. The lowest BCUT2D eigenvalue weighted by Crippen LogP contribution is -2.04. The van der Waals surface area contributed by atoms with E-state index in [4.69, 9.17) is 9.97 Å². The molecule has 2 aromatic carbocycles. The van der Waals surface area contributed by atoms with E-state index in [0.717, 1.165) is 28.9 Å². The van der Waals surface area contributed by atoms with Crippen LogP contribution in [0.3, 0.4) is 0 Å². The van der Waals surface area contributed by atoms with Crippen LogP contribution in [-0.2, 0) is 13.0 Å². The van der Waals surface area contributed by atoms with Gasteiger partial charge in [0.05, 0.1) is 17.1 Å². The number of halogens is 2. The lowest BCUT2D eigenvalue weighted by Gasteiger charge is -2.09. The molecule has 164 valence electrons. The Kier molecular flexibility index (Phi) is 5.52. The molecule has 1 N–H and O–H groups in total. The van der Waals surface area contributed by atoms with Gasteiger partial charge in [0.2, 0.25) is 5.95 Å². The Morgan fingerprint density at radius 3 is 2.52 bits per heavy atom. The summed E-state index contributed by atoms with van der Waals surface area (Å²) >= 11 is 0. The summed E-state index contributed by atoms with van der Waals surface area (Å²) in [4.78, 5) is 13.9. The highest BCUT2D eigenvalue weighted by molar-refractivity contribution is 5.80. The van der Waals surface area contributed by atoms with Crippen molar-refractivity contribution >= 4 is 11.6 Å². The van der Waals surface area contributed by atoms with E-state index in [1.807, 2.05) is 28.8 Å². The number of anilines is 1. The highest BCUT2D eigenvalue weighted by Gasteiger charge is 2.18. The van der Waals surface area contributed by atoms with Crippen molar-refractivity contribution in [3.05, 3.63) is 102 Å². The molecule has 0 fully saturated rings. The van der Waals surface area contributed by atoms with E-state index in [1.54, 1.807) is 24.4 Å². The second-order valence-corrected chi connectivity index (χ2v) is 7.68. The number of imidazole rings is 1. The topological polar surface area (TPSA) is 55.1 Å². The van der Waals surface area contributed by atoms with Gasteiger partial charge in [-0.25, -0.2) is 23.7 Å². The van der Waals surface area contributed by atoms with Crippen LogP contribution in [0, 0.1) is 11.6 Å². The number of aryl methyl sites for hydroxylation is 1. The number of benzene rings is 2. The molecule has 5 nitrogen and oxygen atoms in total. The van der Waals surface area contributed by atoms with Crippen LogP contribution in [0.25, 0.3) is 28.3 Å². The first-order chi connectivity index (χ1) is 16.1. The summed E-state index contributed by atoms with van der Waals surface area (Å²) in [5.41, 5.74) is 5.71. The van der Waals surface area contributed by atoms with Crippen LogP contribution >= 0.6 is 0 Å². The molecule has 0 spiro atoms. The Balaban J connectivity index is 1.57. The zero-order chi connectivity index (χ0) is 22.8. The minimum atomic E-state index is -0.303. The van der Waals surface area contributed by atoms with E-state index in [0.29, 0.717) is 23.9 Å². The van der Waals surface area contributed by atoms with Crippen molar-refractivity contribution in [1.29, 1.82) is 0 Å². The van der Waals surface area contributed by atoms with Gasteiger partial charge in [-0.05, 0) is 72.1 Å². The minimum Gasteiger partial charge on any atom is -0.350 e. The van der Waals surface area contributed by atoms with Gasteiger partial charge in [-0.15, -0.1) is 0 Å². The fraction of sp³-hybridized carbons (Fsp3) is 0.115. The monoisotopic (exact) mass is 441 g/mol. The first-order valence-electron chi connectivity index (χ1n) is 10.7. The first kappa shape index (κ1) is 20.8. The Morgan fingerprint density at radius 1 is 0.879 bits per heavy atom. The molecule has 0 amide bonds. The van der Waals surface area contributed by atoms with E-state index in [2.05, 4.69) is 23.3 Å². The maximum absolute atomic E-state index is 13.6. The van der Waals surface area contributed by atoms with Gasteiger partial charge in [-0.2, -0.15) is 0 Å². The zero-order valence-corrected chi connectivity index (χ0v) is 18.0. The molecule has 0 saturated carbocycles. The first-order valence-corrected chi connectivity index (χ1v) is 10.7. The third-order valence-corrected chi connectivity index (χ3v) is 5.45. The molecule has 3 heterocycles. The summed E-state index contributed by atoms with van der Waals surface area (Å²) in [6, 6.07) is 18.6. The van der Waals surface area contributed by atoms with Crippen LogP contribution in [0.15, 0.2) is 79.1 Å². The number of pyridine rings is 1. The fourth-order valence-corrected chi connectivity index (χ4v) is 3.76. The molecule has 3 aromatic heterocycles. The predicted molar refractivity (Wildman–Crippen MR) is 125 cm³/mol. The maximum Gasteiger partial charge on any atom is 0.223 e. The summed E-state index contributed by atoms with van der Waals surface area (Å²) in [5, 5.41) is 3.16. The van der Waals surface area contributed by atoms with Crippen LogP contribution in [0.4, 0.5) is 14.7 Å². The zero-order valence-electron chi connectivity index (χ0n) is 18.0. The lowest BCUT2D eigenvalue weighted by atomic mass is 10.1. The number of nitrogens with zero attached hydrogens (tertiary/aromatic N) is 4. The van der Waals surface area contributed by atoms with Gasteiger partial charge in [-0.3, -0.25) is 4.40 Å². The van der Waals surface area contributed by atoms with Gasteiger partial charge in [0.25, 0.3) is 0 Å². The molecule has 5 rings (SSSR count). The summed E-state index contributed by atoms with van der Waals surface area (Å²) in [6.07, 6.45) is 4.54. The number of hydrogen-bond donors (Lipinski definition) is 1. The van der Waals surface area contributed by atoms with Crippen molar-refractivity contribution < 1.29 is 8.78 Å². The van der Waals surface area contributed by atoms with Crippen LogP contribution < -0.4 is 5.32 Å². The number of rotatable bonds is 6. The molecule has 0 saturated heterocycles. The Bertz CT molecular complexity index is 1430. The van der Waals surface area contributed by atoms with Gasteiger partial charge in [-0.1, -0.05) is 19.1 Å². The van der Waals surface area contributed by atoms with E-state index < -0.39 is 0 Å². The second kappa shape index (κ2) is 8.78. The van der Waals surface area contributed by atoms with Gasteiger partial charge in [0.15, 0.2) is 0 Å². The van der Waals surface area contributed by atoms with E-state index in [-0.39, 0.29) is 11.6 Å². The van der Waals surface area contributed by atoms with Crippen molar-refractivity contribution in [2.75, 3.05) is 5.32 Å². The molecule has 0 unspecified atom stereocenters. The number of aromatic nitrogens is 4. The van der Waals surface area contributed by atoms with Crippen LogP contribution in [0.1, 0.15) is 18.1 Å². The highest BCUT2D eigenvalue weighted by atomic mass is 19.1. The van der Waals surface area contributed by atoms with Crippen molar-refractivity contribution in [2.45, 2.75) is 19.9 Å². The third kappa shape index (κ3) is 4.30. The van der Waals surface area contributed by atoms with E-state index >= 15 is 0 Å². The van der Waals surface area contributed by atoms with Gasteiger partial charge < -0.3 is 5.32 Å². The van der Waals surface area contributed by atoms with Gasteiger partial charge >= 0.3 is 0 Å². The second-order valence-electron chi connectivity index (χ2n) is 7.68. The van der Waals surface area contributed by atoms with Crippen LogP contribution in [0.2, 0.25) is 0 Å². The SMILES string of the molecule is CCc1ccn2c(-c3ccnc(NCc4cccc(F)c4)n3)c(-c3ccc(F)cc3)nc2c1. The highest BCUT2D eigenvalue weighted by Crippen LogP contribution is 2.32. The van der Waals surface area contributed by atoms with Crippen LogP contribution in [0.5, 0.6) is 0 Å². The van der Waals surface area contributed by atoms with Crippen molar-refractivity contribution in [3.8, 4) is 22.6 Å². The largest absolute Gasteiger partial charge is 0.350 e. The predicted octanol–water partition coefficient (Wildman–Crippen LogP) is 5.91. The Hall–Kier alpha value is -4.13. The molecule has 0 radical (unpaired) electrons. The molecule has 0 aliphatic rings. The smallest absolute Gasteiger partial charge is 0.223 e. The quantitative estimate of drug-likeness (QED) is 0.356. The average Bonchev–Trinajstić information content (AvgIpc) is 3.22. The third-order valence-electron chi connectivity index (χ3n) is 5.45. The minimum absolute atomic E-state index is 0.287. The summed E-state index contributed by atoms with van der Waals surface area (Å²) in [7, 11) is 0. The molecule has 5 aromatic rings. The van der Waals surface area contributed by atoms with Gasteiger partial charge in [0.1, 0.15) is 17.3 Å². The summed E-state index contributed by atoms with van der Waals surface area (Å²) < 4.78 is 29.0. The van der Waals surface area contributed by atoms with E-state index in [1.165, 1.54) is 29.8 Å². The number of nitrogens with one attached hydrogen (secondary N) is 1. The molecule has 0 bridgehead atoms. The Morgan fingerprint density at radius 2 is 1.73 bits per heavy atom. The standard InChI is InChI=1S/C26H21F2N5/c1-2-17-11-13-33-23(15-17)32-24(19-6-8-20(27)9-7-19)25(33)22-10-12-29-26(31-22)30-16-18-4-3-5-21(28)14-18/h3-15H,2,16H2,1H3,(H,29,30,31). The molecule has 33 heavy (non-hydrogen) atoms. The average molecular weight is 441 g/mol. The normalized spacial score (nSPS) is 11.1. The van der Waals surface area contributed by atoms with E-state index in [9.17, 15) is 8.78 Å². The molecule has 0 atom stereocenters. The summed E-state index contributed by atoms with van der Waals surface area (Å²) in [5.74, 6) is -0.171. The fourth-order valence-electron chi connectivity index (χ4n) is 3.76. The molecule has 7 heteroatoms. The van der Waals surface area contributed by atoms with Crippen molar-refractivity contribution in [3.63, 3.8) is 0 Å². The molecular weight excluding hydrogens is 420 g/mol. The maximum atomic E-state index is 13.6. The lowest BCUT2D eigenvalue weighted by molar-refractivity contribution is 0.625. The Labute approximate surface area is 189 Å². The van der Waals surface area contributed by atoms with Crippen molar-refractivity contribution in [1.82, 2.24) is 19.4 Å². The van der Waals surface area contributed by atoms with Crippen LogP contribution in [-0.4, -0.2) is 19.4 Å². The van der Waals surface area contributed by atoms with Gasteiger partial charge in [0, 0.05) is 24.5 Å². The number of hydrogen-bond acceptors (Lipinski definition) is 4.